The highest BCUT2D eigenvalue weighted by Gasteiger charge is 2.26. The molecule has 2 atom stereocenters. The second-order valence-electron chi connectivity index (χ2n) is 6.01. The van der Waals surface area contributed by atoms with E-state index in [0.717, 1.165) is 38.0 Å². The summed E-state index contributed by atoms with van der Waals surface area (Å²) in [6.45, 7) is 7.07. The van der Waals surface area contributed by atoms with Gasteiger partial charge in [-0.15, -0.1) is 0 Å². The van der Waals surface area contributed by atoms with E-state index in [1.807, 2.05) is 4.90 Å². The molecule has 1 aliphatic heterocycles. The molecule has 2 rings (SSSR count). The van der Waals surface area contributed by atoms with Crippen LogP contribution in [-0.2, 0) is 0 Å². The average Bonchev–Trinajstić information content (AvgIpc) is 2.34. The smallest absolute Gasteiger partial charge is 0.251 e. The van der Waals surface area contributed by atoms with Crippen molar-refractivity contribution in [1.82, 2.24) is 9.80 Å². The fourth-order valence-electron chi connectivity index (χ4n) is 3.35. The minimum atomic E-state index is -2.19. The van der Waals surface area contributed by atoms with Crippen molar-refractivity contribution in [2.24, 2.45) is 11.8 Å². The van der Waals surface area contributed by atoms with Crippen LogP contribution in [0.5, 0.6) is 0 Å². The van der Waals surface area contributed by atoms with E-state index in [9.17, 15) is 8.78 Å². The van der Waals surface area contributed by atoms with Crippen molar-refractivity contribution in [1.29, 1.82) is 0 Å². The summed E-state index contributed by atoms with van der Waals surface area (Å²) in [4.78, 5) is 4.37. The molecule has 0 aromatic heterocycles. The van der Waals surface area contributed by atoms with Gasteiger partial charge in [-0.25, -0.2) is 8.78 Å². The normalized spacial score (nSPS) is 32.0. The SMILES string of the molecule is CC1CCCCC1CN1CCN(CC(F)F)CC1. The molecule has 1 saturated carbocycles. The van der Waals surface area contributed by atoms with Crippen molar-refractivity contribution < 1.29 is 8.78 Å². The van der Waals surface area contributed by atoms with Gasteiger partial charge in [0.25, 0.3) is 6.43 Å². The maximum Gasteiger partial charge on any atom is 0.251 e. The topological polar surface area (TPSA) is 6.48 Å². The van der Waals surface area contributed by atoms with Gasteiger partial charge in [-0.1, -0.05) is 26.2 Å². The van der Waals surface area contributed by atoms with Crippen LogP contribution in [0.3, 0.4) is 0 Å². The molecule has 2 nitrogen and oxygen atoms in total. The Hall–Kier alpha value is -0.220. The van der Waals surface area contributed by atoms with Crippen molar-refractivity contribution >= 4 is 0 Å². The largest absolute Gasteiger partial charge is 0.301 e. The molecule has 0 aromatic rings. The van der Waals surface area contributed by atoms with Gasteiger partial charge in [0.15, 0.2) is 0 Å². The monoisotopic (exact) mass is 260 g/mol. The Bertz CT molecular complexity index is 240. The molecule has 1 heterocycles. The summed E-state index contributed by atoms with van der Waals surface area (Å²) in [5.41, 5.74) is 0. The van der Waals surface area contributed by atoms with Gasteiger partial charge >= 0.3 is 0 Å². The summed E-state index contributed by atoms with van der Waals surface area (Å²) >= 11 is 0. The molecular formula is C14H26F2N2. The highest BCUT2D eigenvalue weighted by molar-refractivity contribution is 4.79. The predicted octanol–water partition coefficient (Wildman–Crippen LogP) is 2.70. The van der Waals surface area contributed by atoms with Crippen LogP contribution < -0.4 is 0 Å². The lowest BCUT2D eigenvalue weighted by Crippen LogP contribution is -2.49. The zero-order valence-electron chi connectivity index (χ0n) is 11.5. The van der Waals surface area contributed by atoms with E-state index in [-0.39, 0.29) is 6.54 Å². The average molecular weight is 260 g/mol. The molecule has 0 amide bonds. The van der Waals surface area contributed by atoms with E-state index >= 15 is 0 Å². The minimum Gasteiger partial charge on any atom is -0.301 e. The molecule has 0 spiro atoms. The van der Waals surface area contributed by atoms with Crippen molar-refractivity contribution in [3.05, 3.63) is 0 Å². The first-order valence-electron chi connectivity index (χ1n) is 7.38. The van der Waals surface area contributed by atoms with Gasteiger partial charge in [0.2, 0.25) is 0 Å². The molecule has 0 N–H and O–H groups in total. The molecule has 4 heteroatoms. The van der Waals surface area contributed by atoms with Gasteiger partial charge in [-0.3, -0.25) is 4.90 Å². The van der Waals surface area contributed by atoms with Crippen LogP contribution in [-0.4, -0.2) is 55.5 Å². The van der Waals surface area contributed by atoms with Crippen LogP contribution in [0.4, 0.5) is 8.78 Å². The molecule has 0 radical (unpaired) electrons. The first-order valence-corrected chi connectivity index (χ1v) is 7.38. The fraction of sp³-hybridized carbons (Fsp3) is 1.00. The predicted molar refractivity (Wildman–Crippen MR) is 70.0 cm³/mol. The number of alkyl halides is 2. The number of hydrogen-bond donors (Lipinski definition) is 0. The Labute approximate surface area is 109 Å². The van der Waals surface area contributed by atoms with Crippen molar-refractivity contribution in [2.75, 3.05) is 39.3 Å². The van der Waals surface area contributed by atoms with E-state index in [0.29, 0.717) is 0 Å². The summed E-state index contributed by atoms with van der Waals surface area (Å²) in [7, 11) is 0. The lowest BCUT2D eigenvalue weighted by atomic mass is 9.80. The number of halogens is 2. The maximum atomic E-state index is 12.3. The van der Waals surface area contributed by atoms with Gasteiger partial charge < -0.3 is 4.90 Å². The van der Waals surface area contributed by atoms with Crippen LogP contribution in [0.2, 0.25) is 0 Å². The van der Waals surface area contributed by atoms with Gasteiger partial charge in [0, 0.05) is 32.7 Å². The van der Waals surface area contributed by atoms with Gasteiger partial charge in [0.1, 0.15) is 0 Å². The molecular weight excluding hydrogens is 234 g/mol. The summed E-state index contributed by atoms with van der Waals surface area (Å²) in [6.07, 6.45) is 3.31. The second kappa shape index (κ2) is 6.80. The third-order valence-electron chi connectivity index (χ3n) is 4.64. The molecule has 0 aromatic carbocycles. The number of hydrogen-bond acceptors (Lipinski definition) is 2. The molecule has 18 heavy (non-hydrogen) atoms. The Kier molecular flexibility index (Phi) is 5.37. The van der Waals surface area contributed by atoms with Crippen LogP contribution in [0.1, 0.15) is 32.6 Å². The molecule has 106 valence electrons. The van der Waals surface area contributed by atoms with Crippen molar-refractivity contribution in [3.8, 4) is 0 Å². The second-order valence-corrected chi connectivity index (χ2v) is 6.01. The van der Waals surface area contributed by atoms with Gasteiger partial charge in [0.05, 0.1) is 6.54 Å². The summed E-state index contributed by atoms with van der Waals surface area (Å²) < 4.78 is 24.6. The third kappa shape index (κ3) is 4.16. The van der Waals surface area contributed by atoms with Crippen LogP contribution >= 0.6 is 0 Å². The lowest BCUT2D eigenvalue weighted by Gasteiger charge is -2.38. The fourth-order valence-corrected chi connectivity index (χ4v) is 3.35. The van der Waals surface area contributed by atoms with E-state index < -0.39 is 6.43 Å². The first-order chi connectivity index (χ1) is 8.65. The Morgan fingerprint density at radius 3 is 2.22 bits per heavy atom. The van der Waals surface area contributed by atoms with Gasteiger partial charge in [-0.2, -0.15) is 0 Å². The quantitative estimate of drug-likeness (QED) is 0.767. The minimum absolute atomic E-state index is 0.0479. The number of nitrogens with zero attached hydrogens (tertiary/aromatic N) is 2. The van der Waals surface area contributed by atoms with Gasteiger partial charge in [-0.05, 0) is 18.3 Å². The maximum absolute atomic E-state index is 12.3. The molecule has 0 bridgehead atoms. The summed E-state index contributed by atoms with van der Waals surface area (Å²) in [5.74, 6) is 1.68. The summed E-state index contributed by atoms with van der Waals surface area (Å²) in [6, 6.07) is 0. The van der Waals surface area contributed by atoms with Crippen LogP contribution in [0.15, 0.2) is 0 Å². The zero-order chi connectivity index (χ0) is 13.0. The van der Waals surface area contributed by atoms with E-state index in [2.05, 4.69) is 11.8 Å². The van der Waals surface area contributed by atoms with Crippen molar-refractivity contribution in [3.63, 3.8) is 0 Å². The van der Waals surface area contributed by atoms with Crippen molar-refractivity contribution in [2.45, 2.75) is 39.0 Å². The molecule has 2 unspecified atom stereocenters. The van der Waals surface area contributed by atoms with Crippen LogP contribution in [0, 0.1) is 11.8 Å². The number of rotatable bonds is 4. The highest BCUT2D eigenvalue weighted by atomic mass is 19.3. The van der Waals surface area contributed by atoms with E-state index in [1.165, 1.54) is 32.2 Å². The lowest BCUT2D eigenvalue weighted by molar-refractivity contribution is 0.0462. The van der Waals surface area contributed by atoms with Crippen LogP contribution in [0.25, 0.3) is 0 Å². The zero-order valence-corrected chi connectivity index (χ0v) is 11.5. The Balaban J connectivity index is 1.69. The molecule has 1 aliphatic carbocycles. The first kappa shape index (κ1) is 14.2. The highest BCUT2D eigenvalue weighted by Crippen LogP contribution is 2.30. The standard InChI is InChI=1S/C14H26F2N2/c1-12-4-2-3-5-13(12)10-17-6-8-18(9-7-17)11-14(15)16/h12-14H,2-11H2,1H3. The molecule has 2 aliphatic rings. The molecule has 1 saturated heterocycles. The third-order valence-corrected chi connectivity index (χ3v) is 4.64. The Morgan fingerprint density at radius 2 is 1.61 bits per heavy atom. The Morgan fingerprint density at radius 1 is 1.00 bits per heavy atom. The summed E-state index contributed by atoms with van der Waals surface area (Å²) in [5, 5.41) is 0. The van der Waals surface area contributed by atoms with E-state index in [1.54, 1.807) is 0 Å². The van der Waals surface area contributed by atoms with E-state index in [4.69, 9.17) is 0 Å². The molecule has 2 fully saturated rings. The number of piperazine rings is 1.